The van der Waals surface area contributed by atoms with Gasteiger partial charge in [-0.3, -0.25) is 14.7 Å². The van der Waals surface area contributed by atoms with Crippen LogP contribution in [0.5, 0.6) is 0 Å². The van der Waals surface area contributed by atoms with E-state index in [9.17, 15) is 4.79 Å². The predicted octanol–water partition coefficient (Wildman–Crippen LogP) is 2.12. The van der Waals surface area contributed by atoms with Gasteiger partial charge in [-0.25, -0.2) is 0 Å². The van der Waals surface area contributed by atoms with Gasteiger partial charge in [0.1, 0.15) is 11.0 Å². The first-order valence-corrected chi connectivity index (χ1v) is 8.79. The second kappa shape index (κ2) is 6.84. The SMILES string of the molecule is CN(C[C@@H]1CCN(C)[C@H]1c1cccnc1)C(=O)c1ccc2n[nH]nc2c1. The fourth-order valence-electron chi connectivity index (χ4n) is 3.92. The maximum atomic E-state index is 12.9. The lowest BCUT2D eigenvalue weighted by Crippen LogP contribution is -2.34. The zero-order valence-corrected chi connectivity index (χ0v) is 15.0. The highest BCUT2D eigenvalue weighted by molar-refractivity contribution is 5.97. The molecule has 0 radical (unpaired) electrons. The Morgan fingerprint density at radius 3 is 2.96 bits per heavy atom. The summed E-state index contributed by atoms with van der Waals surface area (Å²) in [4.78, 5) is 21.3. The molecule has 26 heavy (non-hydrogen) atoms. The van der Waals surface area contributed by atoms with Crippen LogP contribution in [-0.2, 0) is 0 Å². The number of H-pyrrole nitrogens is 1. The lowest BCUT2D eigenvalue weighted by atomic mass is 9.94. The van der Waals surface area contributed by atoms with E-state index in [1.807, 2.05) is 36.3 Å². The maximum absolute atomic E-state index is 12.9. The molecular formula is C19H22N6O. The van der Waals surface area contributed by atoms with Crippen molar-refractivity contribution >= 4 is 16.9 Å². The van der Waals surface area contributed by atoms with Gasteiger partial charge in [-0.05, 0) is 55.8 Å². The molecule has 1 N–H and O–H groups in total. The van der Waals surface area contributed by atoms with E-state index in [-0.39, 0.29) is 11.9 Å². The summed E-state index contributed by atoms with van der Waals surface area (Å²) in [5, 5.41) is 10.7. The molecule has 7 heteroatoms. The van der Waals surface area contributed by atoms with E-state index >= 15 is 0 Å². The van der Waals surface area contributed by atoms with Crippen LogP contribution in [0, 0.1) is 5.92 Å². The van der Waals surface area contributed by atoms with Gasteiger partial charge in [-0.1, -0.05) is 6.07 Å². The Morgan fingerprint density at radius 1 is 1.31 bits per heavy atom. The third kappa shape index (κ3) is 3.06. The van der Waals surface area contributed by atoms with E-state index < -0.39 is 0 Å². The summed E-state index contributed by atoms with van der Waals surface area (Å²) in [6.45, 7) is 1.73. The van der Waals surface area contributed by atoms with E-state index in [1.165, 1.54) is 5.56 Å². The molecule has 2 aromatic heterocycles. The first-order chi connectivity index (χ1) is 12.6. The van der Waals surface area contributed by atoms with Crippen molar-refractivity contribution < 1.29 is 4.79 Å². The number of fused-ring (bicyclic) bond motifs is 1. The van der Waals surface area contributed by atoms with Crippen molar-refractivity contribution in [1.82, 2.24) is 30.2 Å². The molecule has 0 unspecified atom stereocenters. The summed E-state index contributed by atoms with van der Waals surface area (Å²) >= 11 is 0. The molecule has 1 amide bonds. The summed E-state index contributed by atoms with van der Waals surface area (Å²) in [6, 6.07) is 9.80. The molecule has 0 saturated carbocycles. The Bertz CT molecular complexity index is 909. The van der Waals surface area contributed by atoms with Crippen LogP contribution in [0.3, 0.4) is 0 Å². The van der Waals surface area contributed by atoms with Gasteiger partial charge in [-0.2, -0.15) is 15.4 Å². The molecule has 7 nitrogen and oxygen atoms in total. The molecule has 1 fully saturated rings. The first kappa shape index (κ1) is 16.7. The highest BCUT2D eigenvalue weighted by Gasteiger charge is 2.34. The quantitative estimate of drug-likeness (QED) is 0.780. The fourth-order valence-corrected chi connectivity index (χ4v) is 3.92. The topological polar surface area (TPSA) is 78.0 Å². The molecule has 2 atom stereocenters. The number of aromatic amines is 1. The van der Waals surface area contributed by atoms with Crippen molar-refractivity contribution in [3.8, 4) is 0 Å². The number of nitrogens with zero attached hydrogens (tertiary/aromatic N) is 5. The molecule has 1 saturated heterocycles. The number of carbonyl (C=O) groups excluding carboxylic acids is 1. The van der Waals surface area contributed by atoms with Crippen LogP contribution in [0.4, 0.5) is 0 Å². The van der Waals surface area contributed by atoms with Gasteiger partial charge >= 0.3 is 0 Å². The average molecular weight is 350 g/mol. The molecule has 3 aromatic rings. The van der Waals surface area contributed by atoms with Crippen LogP contribution in [0.15, 0.2) is 42.7 Å². The number of hydrogen-bond donors (Lipinski definition) is 1. The van der Waals surface area contributed by atoms with Crippen LogP contribution in [0.1, 0.15) is 28.4 Å². The normalized spacial score (nSPS) is 20.5. The summed E-state index contributed by atoms with van der Waals surface area (Å²) < 4.78 is 0. The number of nitrogens with one attached hydrogen (secondary N) is 1. The lowest BCUT2D eigenvalue weighted by Gasteiger charge is -2.28. The number of rotatable bonds is 4. The van der Waals surface area contributed by atoms with E-state index in [1.54, 1.807) is 12.3 Å². The molecule has 1 aromatic carbocycles. The molecule has 0 spiro atoms. The Hall–Kier alpha value is -2.80. The van der Waals surface area contributed by atoms with Crippen LogP contribution in [0.25, 0.3) is 11.0 Å². The van der Waals surface area contributed by atoms with Crippen molar-refractivity contribution in [3.05, 3.63) is 53.9 Å². The molecule has 1 aliphatic rings. The average Bonchev–Trinajstić information content (AvgIpc) is 3.27. The van der Waals surface area contributed by atoms with Gasteiger partial charge < -0.3 is 4.90 Å². The number of pyridine rings is 1. The minimum atomic E-state index is 0.00869. The van der Waals surface area contributed by atoms with Gasteiger partial charge in [0.15, 0.2) is 0 Å². The third-order valence-corrected chi connectivity index (χ3v) is 5.22. The zero-order valence-electron chi connectivity index (χ0n) is 15.0. The van der Waals surface area contributed by atoms with Crippen LogP contribution < -0.4 is 0 Å². The Morgan fingerprint density at radius 2 is 2.15 bits per heavy atom. The monoisotopic (exact) mass is 350 g/mol. The molecule has 3 heterocycles. The predicted molar refractivity (Wildman–Crippen MR) is 98.6 cm³/mol. The van der Waals surface area contributed by atoms with Crippen LogP contribution in [0.2, 0.25) is 0 Å². The second-order valence-electron chi connectivity index (χ2n) is 6.97. The highest BCUT2D eigenvalue weighted by atomic mass is 16.2. The smallest absolute Gasteiger partial charge is 0.253 e. The van der Waals surface area contributed by atoms with Crippen LogP contribution >= 0.6 is 0 Å². The largest absolute Gasteiger partial charge is 0.341 e. The summed E-state index contributed by atoms with van der Waals surface area (Å²) in [7, 11) is 4.01. The lowest BCUT2D eigenvalue weighted by molar-refractivity contribution is 0.0761. The minimum absolute atomic E-state index is 0.00869. The number of likely N-dealkylation sites (tertiary alicyclic amines) is 1. The Balaban J connectivity index is 1.51. The third-order valence-electron chi connectivity index (χ3n) is 5.22. The molecule has 4 rings (SSSR count). The van der Waals surface area contributed by atoms with E-state index in [2.05, 4.69) is 38.4 Å². The van der Waals surface area contributed by atoms with E-state index in [4.69, 9.17) is 0 Å². The van der Waals surface area contributed by atoms with Gasteiger partial charge in [0.05, 0.1) is 0 Å². The molecular weight excluding hydrogens is 328 g/mol. The van der Waals surface area contributed by atoms with Crippen LogP contribution in [-0.4, -0.2) is 63.3 Å². The maximum Gasteiger partial charge on any atom is 0.253 e. The summed E-state index contributed by atoms with van der Waals surface area (Å²) in [5.41, 5.74) is 3.32. The Kier molecular flexibility index (Phi) is 4.38. The number of aromatic nitrogens is 4. The van der Waals surface area contributed by atoms with E-state index in [0.717, 1.165) is 18.5 Å². The van der Waals surface area contributed by atoms with Crippen molar-refractivity contribution in [2.75, 3.05) is 27.2 Å². The van der Waals surface area contributed by atoms with Crippen molar-refractivity contribution in [2.45, 2.75) is 12.5 Å². The molecule has 134 valence electrons. The fraction of sp³-hybridized carbons (Fsp3) is 0.368. The number of benzene rings is 1. The van der Waals surface area contributed by atoms with Gasteiger partial charge in [-0.15, -0.1) is 0 Å². The molecule has 0 bridgehead atoms. The van der Waals surface area contributed by atoms with Gasteiger partial charge in [0.2, 0.25) is 0 Å². The first-order valence-electron chi connectivity index (χ1n) is 8.79. The standard InChI is InChI=1S/C19H22N6O/c1-24-9-7-15(18(24)14-4-3-8-20-11-14)12-25(2)19(26)13-5-6-16-17(10-13)22-23-21-16/h3-6,8,10-11,15,18H,7,9,12H2,1-2H3,(H,21,22,23)/t15-,18-/m0/s1. The number of hydrogen-bond acceptors (Lipinski definition) is 5. The van der Waals surface area contributed by atoms with Gasteiger partial charge in [0.25, 0.3) is 5.91 Å². The second-order valence-corrected chi connectivity index (χ2v) is 6.97. The number of amides is 1. The summed E-state index contributed by atoms with van der Waals surface area (Å²) in [5.74, 6) is 0.392. The zero-order chi connectivity index (χ0) is 18.1. The molecule has 0 aliphatic carbocycles. The highest BCUT2D eigenvalue weighted by Crippen LogP contribution is 2.36. The van der Waals surface area contributed by atoms with E-state index in [0.29, 0.717) is 23.5 Å². The molecule has 1 aliphatic heterocycles. The van der Waals surface area contributed by atoms with Crippen molar-refractivity contribution in [1.29, 1.82) is 0 Å². The minimum Gasteiger partial charge on any atom is -0.341 e. The van der Waals surface area contributed by atoms with Crippen molar-refractivity contribution in [3.63, 3.8) is 0 Å². The number of carbonyl (C=O) groups is 1. The van der Waals surface area contributed by atoms with Crippen molar-refractivity contribution in [2.24, 2.45) is 5.92 Å². The van der Waals surface area contributed by atoms with Gasteiger partial charge in [0, 0.05) is 37.6 Å². The Labute approximate surface area is 152 Å². The summed E-state index contributed by atoms with van der Waals surface area (Å²) in [6.07, 6.45) is 4.79.